The molecule has 0 bridgehead atoms. The molecular formula is C19H19NO3S. The molecule has 1 amide bonds. The number of nitrogens with one attached hydrogen (secondary N) is 1. The Hall–Kier alpha value is -2.45. The van der Waals surface area contributed by atoms with Crippen molar-refractivity contribution in [3.8, 4) is 23.3 Å². The molecule has 24 heavy (non-hydrogen) atoms. The zero-order valence-electron chi connectivity index (χ0n) is 13.7. The Labute approximate surface area is 145 Å². The van der Waals surface area contributed by atoms with Gasteiger partial charge in [0, 0.05) is 12.0 Å². The van der Waals surface area contributed by atoms with Gasteiger partial charge in [0.05, 0.1) is 11.4 Å². The number of ether oxygens (including phenoxy) is 2. The number of carbonyl (C=O) groups excluding carboxylic acids is 1. The number of carbonyl (C=O) groups is 1. The van der Waals surface area contributed by atoms with Crippen LogP contribution in [0.4, 0.5) is 0 Å². The van der Waals surface area contributed by atoms with Crippen molar-refractivity contribution in [3.05, 3.63) is 46.2 Å². The lowest BCUT2D eigenvalue weighted by molar-refractivity contribution is 0.0962. The number of amides is 1. The first-order chi connectivity index (χ1) is 11.6. The van der Waals surface area contributed by atoms with E-state index < -0.39 is 0 Å². The van der Waals surface area contributed by atoms with Crippen LogP contribution in [0.1, 0.15) is 29.1 Å². The maximum Gasteiger partial charge on any atom is 0.262 e. The van der Waals surface area contributed by atoms with Crippen molar-refractivity contribution in [1.29, 1.82) is 0 Å². The van der Waals surface area contributed by atoms with E-state index in [1.807, 2.05) is 23.6 Å². The van der Waals surface area contributed by atoms with Crippen molar-refractivity contribution in [2.75, 3.05) is 13.2 Å². The molecule has 0 saturated carbocycles. The first-order valence-corrected chi connectivity index (χ1v) is 8.64. The van der Waals surface area contributed by atoms with Gasteiger partial charge in [0.15, 0.2) is 11.5 Å². The van der Waals surface area contributed by atoms with Crippen LogP contribution in [0.5, 0.6) is 11.5 Å². The van der Waals surface area contributed by atoms with Crippen LogP contribution in [-0.2, 0) is 6.42 Å². The minimum absolute atomic E-state index is 0.100. The molecule has 1 aliphatic rings. The van der Waals surface area contributed by atoms with Crippen LogP contribution in [0.25, 0.3) is 0 Å². The fraction of sp³-hybridized carbons (Fsp3) is 0.316. The van der Waals surface area contributed by atoms with Crippen LogP contribution in [0, 0.1) is 11.8 Å². The molecule has 0 saturated heterocycles. The predicted molar refractivity (Wildman–Crippen MR) is 94.8 cm³/mol. The monoisotopic (exact) mass is 341 g/mol. The van der Waals surface area contributed by atoms with Crippen molar-refractivity contribution in [3.63, 3.8) is 0 Å². The van der Waals surface area contributed by atoms with Gasteiger partial charge in [-0.3, -0.25) is 4.79 Å². The van der Waals surface area contributed by atoms with E-state index in [1.54, 1.807) is 6.07 Å². The van der Waals surface area contributed by atoms with Gasteiger partial charge < -0.3 is 14.8 Å². The van der Waals surface area contributed by atoms with Crippen LogP contribution in [0.2, 0.25) is 0 Å². The van der Waals surface area contributed by atoms with Gasteiger partial charge in [-0.05, 0) is 31.4 Å². The maximum absolute atomic E-state index is 11.7. The fourth-order valence-electron chi connectivity index (χ4n) is 2.55. The third kappa shape index (κ3) is 3.90. The van der Waals surface area contributed by atoms with Gasteiger partial charge in [0.1, 0.15) is 12.2 Å². The highest BCUT2D eigenvalue weighted by Gasteiger charge is 2.32. The minimum Gasteiger partial charge on any atom is -0.483 e. The second-order valence-electron chi connectivity index (χ2n) is 6.09. The molecule has 3 rings (SSSR count). The molecule has 2 heterocycles. The molecule has 0 radical (unpaired) electrons. The van der Waals surface area contributed by atoms with Gasteiger partial charge >= 0.3 is 0 Å². The largest absolute Gasteiger partial charge is 0.483 e. The van der Waals surface area contributed by atoms with E-state index in [-0.39, 0.29) is 18.1 Å². The van der Waals surface area contributed by atoms with Crippen molar-refractivity contribution in [1.82, 2.24) is 5.32 Å². The summed E-state index contributed by atoms with van der Waals surface area (Å²) < 4.78 is 11.7. The van der Waals surface area contributed by atoms with Crippen LogP contribution in [0.15, 0.2) is 35.7 Å². The fourth-order valence-corrected chi connectivity index (χ4v) is 3.19. The quantitative estimate of drug-likeness (QED) is 0.868. The predicted octanol–water partition coefficient (Wildman–Crippen LogP) is 3.27. The summed E-state index contributed by atoms with van der Waals surface area (Å²) in [7, 11) is 0. The number of rotatable bonds is 4. The van der Waals surface area contributed by atoms with Gasteiger partial charge in [0.25, 0.3) is 5.91 Å². The lowest BCUT2D eigenvalue weighted by Crippen LogP contribution is -2.24. The maximum atomic E-state index is 11.7. The van der Waals surface area contributed by atoms with E-state index in [4.69, 9.17) is 9.47 Å². The molecule has 2 aromatic rings. The number of hydrogen-bond donors (Lipinski definition) is 1. The van der Waals surface area contributed by atoms with Crippen molar-refractivity contribution in [2.45, 2.75) is 25.9 Å². The Morgan fingerprint density at radius 1 is 1.33 bits per heavy atom. The molecule has 0 aliphatic carbocycles. The van der Waals surface area contributed by atoms with E-state index >= 15 is 0 Å². The second-order valence-corrected chi connectivity index (χ2v) is 7.03. The van der Waals surface area contributed by atoms with Gasteiger partial charge in [-0.1, -0.05) is 30.0 Å². The molecule has 4 nitrogen and oxygen atoms in total. The van der Waals surface area contributed by atoms with Crippen LogP contribution in [-0.4, -0.2) is 24.7 Å². The van der Waals surface area contributed by atoms with Crippen molar-refractivity contribution in [2.24, 2.45) is 0 Å². The number of benzene rings is 1. The van der Waals surface area contributed by atoms with E-state index in [2.05, 4.69) is 37.1 Å². The van der Waals surface area contributed by atoms with E-state index in [0.29, 0.717) is 11.4 Å². The smallest absolute Gasteiger partial charge is 0.262 e. The number of para-hydroxylation sites is 1. The average molecular weight is 341 g/mol. The van der Waals surface area contributed by atoms with Crippen LogP contribution in [0.3, 0.4) is 0 Å². The first kappa shape index (κ1) is 16.4. The lowest BCUT2D eigenvalue weighted by atomic mass is 10.0. The summed E-state index contributed by atoms with van der Waals surface area (Å²) in [5, 5.41) is 4.62. The SMILES string of the molecule is CC1(C)Cc2cccc(OCC#CCNC(=O)c3cccs3)c2O1. The van der Waals surface area contributed by atoms with Crippen molar-refractivity contribution < 1.29 is 14.3 Å². The number of hydrogen-bond acceptors (Lipinski definition) is 4. The van der Waals surface area contributed by atoms with Crippen molar-refractivity contribution >= 4 is 17.2 Å². The summed E-state index contributed by atoms with van der Waals surface area (Å²) in [6, 6.07) is 9.55. The highest BCUT2D eigenvalue weighted by molar-refractivity contribution is 7.12. The lowest BCUT2D eigenvalue weighted by Gasteiger charge is -2.17. The molecule has 5 heteroatoms. The summed E-state index contributed by atoms with van der Waals surface area (Å²) in [6.07, 6.45) is 0.875. The normalized spacial score (nSPS) is 14.1. The molecular weight excluding hydrogens is 322 g/mol. The molecule has 0 fully saturated rings. The molecule has 1 aliphatic heterocycles. The van der Waals surface area contributed by atoms with E-state index in [1.165, 1.54) is 11.3 Å². The van der Waals surface area contributed by atoms with E-state index in [0.717, 1.165) is 23.5 Å². The topological polar surface area (TPSA) is 47.6 Å². The molecule has 124 valence electrons. The molecule has 0 atom stereocenters. The minimum atomic E-state index is -0.195. The average Bonchev–Trinajstić information content (AvgIpc) is 3.16. The third-order valence-electron chi connectivity index (χ3n) is 3.56. The van der Waals surface area contributed by atoms with Gasteiger partial charge in [-0.2, -0.15) is 0 Å². The van der Waals surface area contributed by atoms with Gasteiger partial charge in [-0.25, -0.2) is 0 Å². The highest BCUT2D eigenvalue weighted by atomic mass is 32.1. The van der Waals surface area contributed by atoms with Crippen LogP contribution < -0.4 is 14.8 Å². The third-order valence-corrected chi connectivity index (χ3v) is 4.43. The molecule has 0 unspecified atom stereocenters. The zero-order valence-corrected chi connectivity index (χ0v) is 14.5. The summed E-state index contributed by atoms with van der Waals surface area (Å²) in [5.41, 5.74) is 0.966. The van der Waals surface area contributed by atoms with Gasteiger partial charge in [-0.15, -0.1) is 11.3 Å². The summed E-state index contributed by atoms with van der Waals surface area (Å²) in [5.74, 6) is 7.23. The Balaban J connectivity index is 1.48. The standard InChI is InChI=1S/C19H19NO3S/c1-19(2)13-14-7-5-8-15(17(14)23-19)22-11-4-3-10-20-18(21)16-9-6-12-24-16/h5-9,12H,10-11,13H2,1-2H3,(H,20,21). The highest BCUT2D eigenvalue weighted by Crippen LogP contribution is 2.41. The zero-order chi connectivity index (χ0) is 17.0. The Kier molecular flexibility index (Phi) is 4.77. The van der Waals surface area contributed by atoms with Gasteiger partial charge in [0.2, 0.25) is 0 Å². The second kappa shape index (κ2) is 6.98. The summed E-state index contributed by atoms with van der Waals surface area (Å²) in [4.78, 5) is 12.4. The Morgan fingerprint density at radius 3 is 3.00 bits per heavy atom. The number of fused-ring (bicyclic) bond motifs is 1. The molecule has 1 aromatic heterocycles. The number of thiophene rings is 1. The Morgan fingerprint density at radius 2 is 2.21 bits per heavy atom. The molecule has 1 N–H and O–H groups in total. The van der Waals surface area contributed by atoms with Crippen LogP contribution >= 0.6 is 11.3 Å². The van der Waals surface area contributed by atoms with E-state index in [9.17, 15) is 4.79 Å². The first-order valence-electron chi connectivity index (χ1n) is 7.76. The molecule has 0 spiro atoms. The Bertz CT molecular complexity index is 785. The molecule has 1 aromatic carbocycles. The summed E-state index contributed by atoms with van der Waals surface area (Å²) in [6.45, 7) is 4.69. The summed E-state index contributed by atoms with van der Waals surface area (Å²) >= 11 is 1.41.